The van der Waals surface area contributed by atoms with Gasteiger partial charge in [0.2, 0.25) is 0 Å². The van der Waals surface area contributed by atoms with E-state index in [2.05, 4.69) is 10.3 Å². The SMILES string of the molecule is Cc1coc(NCC(O)C(F)(F)F)n1. The zero-order chi connectivity index (χ0) is 10.8. The number of nitrogens with zero attached hydrogens (tertiary/aromatic N) is 1. The molecule has 1 heterocycles. The van der Waals surface area contributed by atoms with Crippen LogP contribution in [0.25, 0.3) is 0 Å². The lowest BCUT2D eigenvalue weighted by atomic mass is 10.3. The van der Waals surface area contributed by atoms with E-state index in [-0.39, 0.29) is 6.01 Å². The molecule has 0 aliphatic carbocycles. The van der Waals surface area contributed by atoms with E-state index in [1.54, 1.807) is 6.92 Å². The summed E-state index contributed by atoms with van der Waals surface area (Å²) >= 11 is 0. The van der Waals surface area contributed by atoms with Crippen molar-refractivity contribution in [2.45, 2.75) is 19.2 Å². The fourth-order valence-electron chi connectivity index (χ4n) is 0.735. The number of hydrogen-bond donors (Lipinski definition) is 2. The Bertz CT molecular complexity index is 297. The highest BCUT2D eigenvalue weighted by Gasteiger charge is 2.38. The number of aryl methyl sites for hydroxylation is 1. The van der Waals surface area contributed by atoms with Gasteiger partial charge < -0.3 is 14.8 Å². The van der Waals surface area contributed by atoms with Crippen molar-refractivity contribution in [2.75, 3.05) is 11.9 Å². The summed E-state index contributed by atoms with van der Waals surface area (Å²) < 4.78 is 40.2. The van der Waals surface area contributed by atoms with Gasteiger partial charge in [0.05, 0.1) is 12.2 Å². The van der Waals surface area contributed by atoms with Crippen LogP contribution in [0, 0.1) is 6.92 Å². The van der Waals surface area contributed by atoms with E-state index in [0.717, 1.165) is 0 Å². The number of halogens is 3. The molecule has 0 fully saturated rings. The first-order chi connectivity index (χ1) is 6.39. The summed E-state index contributed by atoms with van der Waals surface area (Å²) in [5.74, 6) is 0. The number of aromatic nitrogens is 1. The first-order valence-electron chi connectivity index (χ1n) is 3.80. The maximum absolute atomic E-state index is 11.8. The Hall–Kier alpha value is -1.24. The number of alkyl halides is 3. The third-order valence-electron chi connectivity index (χ3n) is 1.44. The summed E-state index contributed by atoms with van der Waals surface area (Å²) in [5.41, 5.74) is 0.550. The maximum atomic E-state index is 11.8. The van der Waals surface area contributed by atoms with Crippen molar-refractivity contribution < 1.29 is 22.7 Å². The molecule has 2 N–H and O–H groups in total. The number of nitrogens with one attached hydrogen (secondary N) is 1. The van der Waals surface area contributed by atoms with Crippen molar-refractivity contribution in [1.29, 1.82) is 0 Å². The first-order valence-corrected chi connectivity index (χ1v) is 3.80. The minimum Gasteiger partial charge on any atom is -0.432 e. The van der Waals surface area contributed by atoms with Gasteiger partial charge in [-0.15, -0.1) is 0 Å². The molecule has 0 aliphatic rings. The minimum atomic E-state index is -4.63. The number of rotatable bonds is 3. The molecule has 0 saturated heterocycles. The molecule has 1 aromatic rings. The Balaban J connectivity index is 2.41. The smallest absolute Gasteiger partial charge is 0.416 e. The summed E-state index contributed by atoms with van der Waals surface area (Å²) in [6, 6.07) is -0.0363. The Morgan fingerprint density at radius 3 is 2.71 bits per heavy atom. The molecule has 0 amide bonds. The summed E-state index contributed by atoms with van der Waals surface area (Å²) in [6.07, 6.45) is -5.76. The zero-order valence-electron chi connectivity index (χ0n) is 7.30. The van der Waals surface area contributed by atoms with E-state index < -0.39 is 18.8 Å². The van der Waals surface area contributed by atoms with Gasteiger partial charge >= 0.3 is 6.18 Å². The number of oxazole rings is 1. The van der Waals surface area contributed by atoms with Crippen LogP contribution < -0.4 is 5.32 Å². The highest BCUT2D eigenvalue weighted by Crippen LogP contribution is 2.20. The molecule has 0 aromatic carbocycles. The van der Waals surface area contributed by atoms with Gasteiger partial charge in [-0.2, -0.15) is 18.2 Å². The number of aliphatic hydroxyl groups is 1. The summed E-state index contributed by atoms with van der Waals surface area (Å²) in [5, 5.41) is 10.8. The first kappa shape index (κ1) is 10.8. The highest BCUT2D eigenvalue weighted by molar-refractivity contribution is 5.20. The minimum absolute atomic E-state index is 0.0363. The van der Waals surface area contributed by atoms with E-state index in [1.165, 1.54) is 6.26 Å². The molecule has 0 aliphatic heterocycles. The third-order valence-corrected chi connectivity index (χ3v) is 1.44. The molecule has 14 heavy (non-hydrogen) atoms. The van der Waals surface area contributed by atoms with E-state index >= 15 is 0 Å². The molecular formula is C7H9F3N2O2. The van der Waals surface area contributed by atoms with Gasteiger partial charge in [0, 0.05) is 0 Å². The van der Waals surface area contributed by atoms with E-state index in [4.69, 9.17) is 9.52 Å². The predicted octanol–water partition coefficient (Wildman–Crippen LogP) is 1.32. The molecule has 1 unspecified atom stereocenters. The summed E-state index contributed by atoms with van der Waals surface area (Å²) in [6.45, 7) is 0.957. The molecule has 7 heteroatoms. The lowest BCUT2D eigenvalue weighted by Gasteiger charge is -2.13. The fraction of sp³-hybridized carbons (Fsp3) is 0.571. The van der Waals surface area contributed by atoms with Crippen LogP contribution in [0.5, 0.6) is 0 Å². The average Bonchev–Trinajstić information content (AvgIpc) is 2.45. The van der Waals surface area contributed by atoms with Crippen LogP contribution >= 0.6 is 0 Å². The van der Waals surface area contributed by atoms with Gasteiger partial charge in [-0.1, -0.05) is 0 Å². The van der Waals surface area contributed by atoms with Gasteiger partial charge in [0.25, 0.3) is 6.01 Å². The maximum Gasteiger partial charge on any atom is 0.416 e. The van der Waals surface area contributed by atoms with Crippen LogP contribution in [-0.4, -0.2) is 28.9 Å². The second-order valence-electron chi connectivity index (χ2n) is 2.73. The van der Waals surface area contributed by atoms with Gasteiger partial charge in [-0.25, -0.2) is 0 Å². The highest BCUT2D eigenvalue weighted by atomic mass is 19.4. The van der Waals surface area contributed by atoms with Crippen LogP contribution in [0.1, 0.15) is 5.69 Å². The van der Waals surface area contributed by atoms with Crippen molar-refractivity contribution >= 4 is 6.01 Å². The van der Waals surface area contributed by atoms with Crippen LogP contribution in [-0.2, 0) is 0 Å². The predicted molar refractivity (Wildman–Crippen MR) is 41.8 cm³/mol. The lowest BCUT2D eigenvalue weighted by molar-refractivity contribution is -0.198. The average molecular weight is 210 g/mol. The van der Waals surface area contributed by atoms with Crippen molar-refractivity contribution in [3.05, 3.63) is 12.0 Å². The van der Waals surface area contributed by atoms with Crippen molar-refractivity contribution in [3.8, 4) is 0 Å². The molecule has 80 valence electrons. The molecule has 4 nitrogen and oxygen atoms in total. The number of aliphatic hydroxyl groups excluding tert-OH is 1. The van der Waals surface area contributed by atoms with Gasteiger partial charge in [0.15, 0.2) is 6.10 Å². The second kappa shape index (κ2) is 3.87. The van der Waals surface area contributed by atoms with Gasteiger partial charge in [-0.3, -0.25) is 0 Å². The molecule has 0 bridgehead atoms. The monoisotopic (exact) mass is 210 g/mol. The van der Waals surface area contributed by atoms with Crippen LogP contribution in [0.3, 0.4) is 0 Å². The summed E-state index contributed by atoms with van der Waals surface area (Å²) in [7, 11) is 0. The molecule has 0 spiro atoms. The van der Waals surface area contributed by atoms with Crippen molar-refractivity contribution in [2.24, 2.45) is 0 Å². The summed E-state index contributed by atoms with van der Waals surface area (Å²) in [4.78, 5) is 3.71. The van der Waals surface area contributed by atoms with E-state index in [1.807, 2.05) is 0 Å². The fourth-order valence-corrected chi connectivity index (χ4v) is 0.735. The normalized spacial score (nSPS) is 14.1. The Labute approximate surface area is 77.7 Å². The molecule has 0 saturated carbocycles. The van der Waals surface area contributed by atoms with Gasteiger partial charge in [-0.05, 0) is 6.92 Å². The molecule has 1 aromatic heterocycles. The lowest BCUT2D eigenvalue weighted by Crippen LogP contribution is -2.35. The number of anilines is 1. The topological polar surface area (TPSA) is 58.3 Å². The van der Waals surface area contributed by atoms with Gasteiger partial charge in [0.1, 0.15) is 6.26 Å². The second-order valence-corrected chi connectivity index (χ2v) is 2.73. The van der Waals surface area contributed by atoms with E-state index in [0.29, 0.717) is 5.69 Å². The Morgan fingerprint density at radius 1 is 1.64 bits per heavy atom. The van der Waals surface area contributed by atoms with E-state index in [9.17, 15) is 13.2 Å². The van der Waals surface area contributed by atoms with Crippen LogP contribution in [0.4, 0.5) is 19.2 Å². The Kier molecular flexibility index (Phi) is 3.00. The van der Waals surface area contributed by atoms with Crippen LogP contribution in [0.15, 0.2) is 10.7 Å². The quantitative estimate of drug-likeness (QED) is 0.789. The molecule has 1 rings (SSSR count). The zero-order valence-corrected chi connectivity index (χ0v) is 7.30. The number of hydrogen-bond acceptors (Lipinski definition) is 4. The molecular weight excluding hydrogens is 201 g/mol. The molecule has 0 radical (unpaired) electrons. The third kappa shape index (κ3) is 2.91. The van der Waals surface area contributed by atoms with Crippen molar-refractivity contribution in [1.82, 2.24) is 4.98 Å². The van der Waals surface area contributed by atoms with Crippen LogP contribution in [0.2, 0.25) is 0 Å². The Morgan fingerprint density at radius 2 is 2.29 bits per heavy atom. The molecule has 1 atom stereocenters. The largest absolute Gasteiger partial charge is 0.432 e. The standard InChI is InChI=1S/C7H9F3N2O2/c1-4-3-14-6(12-4)11-2-5(13)7(8,9)10/h3,5,13H,2H2,1H3,(H,11,12). The van der Waals surface area contributed by atoms with Crippen molar-refractivity contribution in [3.63, 3.8) is 0 Å².